The van der Waals surface area contributed by atoms with Crippen LogP contribution in [0.25, 0.3) is 0 Å². The first-order valence-corrected chi connectivity index (χ1v) is 7.25. The molecule has 1 heterocycles. The first-order valence-electron chi connectivity index (χ1n) is 7.25. The highest BCUT2D eigenvalue weighted by Gasteiger charge is 2.36. The lowest BCUT2D eigenvalue weighted by molar-refractivity contribution is -0.124. The van der Waals surface area contributed by atoms with Crippen LogP contribution in [0.3, 0.4) is 0 Å². The van der Waals surface area contributed by atoms with Crippen LogP contribution in [-0.2, 0) is 4.79 Å². The fourth-order valence-electron chi connectivity index (χ4n) is 3.68. The number of rotatable bonds is 3. The number of hydrogen-bond acceptors (Lipinski definition) is 2. The summed E-state index contributed by atoms with van der Waals surface area (Å²) in [6, 6.07) is 0.360. The third-order valence-electron chi connectivity index (χ3n) is 4.85. The van der Waals surface area contributed by atoms with Crippen molar-refractivity contribution in [3.63, 3.8) is 0 Å². The molecular weight excluding hydrogens is 212 g/mol. The molecule has 1 saturated heterocycles. The molecule has 17 heavy (non-hydrogen) atoms. The lowest BCUT2D eigenvalue weighted by Gasteiger charge is -2.39. The van der Waals surface area contributed by atoms with Crippen LogP contribution in [0, 0.1) is 17.8 Å². The van der Waals surface area contributed by atoms with Crippen molar-refractivity contribution in [3.8, 4) is 0 Å². The molecule has 0 aromatic carbocycles. The van der Waals surface area contributed by atoms with Crippen LogP contribution < -0.4 is 11.1 Å². The number of nitrogens with one attached hydrogen (secondary N) is 1. The summed E-state index contributed by atoms with van der Waals surface area (Å²) in [5, 5.41) is 3.55. The lowest BCUT2D eigenvalue weighted by Crippen LogP contribution is -2.51. The summed E-state index contributed by atoms with van der Waals surface area (Å²) in [5.74, 6) is 1.57. The second-order valence-electron chi connectivity index (χ2n) is 5.82. The molecule has 1 aliphatic carbocycles. The number of hydrogen-bond donors (Lipinski definition) is 2. The molecule has 0 radical (unpaired) electrons. The number of amides is 1. The van der Waals surface area contributed by atoms with Crippen molar-refractivity contribution >= 4 is 5.91 Å². The van der Waals surface area contributed by atoms with Gasteiger partial charge in [0.1, 0.15) is 0 Å². The number of primary amides is 1. The summed E-state index contributed by atoms with van der Waals surface area (Å²) in [4.78, 5) is 11.5. The minimum atomic E-state index is -0.0974. The highest BCUT2D eigenvalue weighted by Crippen LogP contribution is 2.36. The fourth-order valence-corrected chi connectivity index (χ4v) is 3.68. The summed E-state index contributed by atoms with van der Waals surface area (Å²) >= 11 is 0. The largest absolute Gasteiger partial charge is 0.369 e. The van der Waals surface area contributed by atoms with Gasteiger partial charge in [0, 0.05) is 6.04 Å². The van der Waals surface area contributed by atoms with E-state index in [2.05, 4.69) is 12.2 Å². The van der Waals surface area contributed by atoms with Crippen molar-refractivity contribution in [2.45, 2.75) is 57.9 Å². The molecule has 3 N–H and O–H groups in total. The van der Waals surface area contributed by atoms with Crippen LogP contribution in [0.1, 0.15) is 51.9 Å². The predicted octanol–water partition coefficient (Wildman–Crippen LogP) is 2.06. The van der Waals surface area contributed by atoms with Gasteiger partial charge < -0.3 is 11.1 Å². The Kier molecular flexibility index (Phi) is 4.43. The topological polar surface area (TPSA) is 55.1 Å². The van der Waals surface area contributed by atoms with Gasteiger partial charge in [-0.1, -0.05) is 26.2 Å². The van der Waals surface area contributed by atoms with Crippen LogP contribution in [0.4, 0.5) is 0 Å². The predicted molar refractivity (Wildman–Crippen MR) is 69.4 cm³/mol. The summed E-state index contributed by atoms with van der Waals surface area (Å²) in [7, 11) is 0. The third-order valence-corrected chi connectivity index (χ3v) is 4.85. The SMILES string of the molecule is CCC1CCC(C2NCCCC2C(N)=O)CC1. The van der Waals surface area contributed by atoms with E-state index in [0.29, 0.717) is 12.0 Å². The zero-order valence-corrected chi connectivity index (χ0v) is 11.0. The van der Waals surface area contributed by atoms with Gasteiger partial charge in [0.05, 0.1) is 5.92 Å². The Bertz CT molecular complexity index is 259. The minimum Gasteiger partial charge on any atom is -0.369 e. The molecular formula is C14H26N2O. The first-order chi connectivity index (χ1) is 8.22. The maximum absolute atomic E-state index is 11.5. The van der Waals surface area contributed by atoms with Crippen molar-refractivity contribution in [2.75, 3.05) is 6.54 Å². The van der Waals surface area contributed by atoms with Crippen molar-refractivity contribution in [2.24, 2.45) is 23.5 Å². The standard InChI is InChI=1S/C14H26N2O/c1-2-10-5-7-11(8-6-10)13-12(14(15)17)4-3-9-16-13/h10-13,16H,2-9H2,1H3,(H2,15,17). The van der Waals surface area contributed by atoms with E-state index in [1.807, 2.05) is 0 Å². The van der Waals surface area contributed by atoms with Gasteiger partial charge >= 0.3 is 0 Å². The molecule has 2 rings (SSSR count). The molecule has 1 amide bonds. The second-order valence-corrected chi connectivity index (χ2v) is 5.82. The van der Waals surface area contributed by atoms with Crippen molar-refractivity contribution in [1.29, 1.82) is 0 Å². The molecule has 1 saturated carbocycles. The fraction of sp³-hybridized carbons (Fsp3) is 0.929. The van der Waals surface area contributed by atoms with Crippen LogP contribution >= 0.6 is 0 Å². The molecule has 3 nitrogen and oxygen atoms in total. The Balaban J connectivity index is 1.93. The van der Waals surface area contributed by atoms with Crippen LogP contribution in [-0.4, -0.2) is 18.5 Å². The van der Waals surface area contributed by atoms with Crippen LogP contribution in [0.2, 0.25) is 0 Å². The normalized spacial score (nSPS) is 38.9. The molecule has 2 unspecified atom stereocenters. The van der Waals surface area contributed by atoms with Gasteiger partial charge in [-0.25, -0.2) is 0 Å². The molecule has 3 heteroatoms. The van der Waals surface area contributed by atoms with E-state index in [1.54, 1.807) is 0 Å². The Labute approximate surface area is 105 Å². The van der Waals surface area contributed by atoms with Gasteiger partial charge in [0.2, 0.25) is 5.91 Å². The maximum Gasteiger partial charge on any atom is 0.222 e. The zero-order valence-electron chi connectivity index (χ0n) is 11.0. The zero-order chi connectivity index (χ0) is 12.3. The first kappa shape index (κ1) is 12.9. The number of piperidine rings is 1. The van der Waals surface area contributed by atoms with E-state index in [9.17, 15) is 4.79 Å². The van der Waals surface area contributed by atoms with Gasteiger partial charge in [0.25, 0.3) is 0 Å². The van der Waals surface area contributed by atoms with Crippen molar-refractivity contribution < 1.29 is 4.79 Å². The number of carbonyl (C=O) groups is 1. The number of carbonyl (C=O) groups excluding carboxylic acids is 1. The third kappa shape index (κ3) is 3.01. The van der Waals surface area contributed by atoms with E-state index >= 15 is 0 Å². The smallest absolute Gasteiger partial charge is 0.222 e. The quantitative estimate of drug-likeness (QED) is 0.790. The average molecular weight is 238 g/mol. The molecule has 2 atom stereocenters. The second kappa shape index (κ2) is 5.85. The molecule has 0 aromatic rings. The average Bonchev–Trinajstić information content (AvgIpc) is 2.39. The van der Waals surface area contributed by atoms with Crippen LogP contribution in [0.5, 0.6) is 0 Å². The Hall–Kier alpha value is -0.570. The summed E-state index contributed by atoms with van der Waals surface area (Å²) < 4.78 is 0. The van der Waals surface area contributed by atoms with E-state index < -0.39 is 0 Å². The van der Waals surface area contributed by atoms with Crippen molar-refractivity contribution in [3.05, 3.63) is 0 Å². The van der Waals surface area contributed by atoms with Gasteiger partial charge in [0.15, 0.2) is 0 Å². The maximum atomic E-state index is 11.5. The molecule has 2 fully saturated rings. The Morgan fingerprint density at radius 2 is 1.94 bits per heavy atom. The molecule has 0 spiro atoms. The molecule has 2 aliphatic rings. The van der Waals surface area contributed by atoms with Crippen molar-refractivity contribution in [1.82, 2.24) is 5.32 Å². The van der Waals surface area contributed by atoms with E-state index in [0.717, 1.165) is 25.3 Å². The van der Waals surface area contributed by atoms with E-state index in [-0.39, 0.29) is 11.8 Å². The molecule has 1 aliphatic heterocycles. The Morgan fingerprint density at radius 1 is 1.24 bits per heavy atom. The lowest BCUT2D eigenvalue weighted by atomic mass is 9.72. The minimum absolute atomic E-state index is 0.0759. The number of nitrogens with two attached hydrogens (primary N) is 1. The van der Waals surface area contributed by atoms with Gasteiger partial charge in [-0.15, -0.1) is 0 Å². The monoisotopic (exact) mass is 238 g/mol. The van der Waals surface area contributed by atoms with E-state index in [1.165, 1.54) is 32.1 Å². The molecule has 0 aromatic heterocycles. The van der Waals surface area contributed by atoms with E-state index in [4.69, 9.17) is 5.73 Å². The van der Waals surface area contributed by atoms with Gasteiger partial charge in [-0.05, 0) is 44.1 Å². The molecule has 98 valence electrons. The van der Waals surface area contributed by atoms with Gasteiger partial charge in [-0.2, -0.15) is 0 Å². The Morgan fingerprint density at radius 3 is 2.53 bits per heavy atom. The van der Waals surface area contributed by atoms with Crippen LogP contribution in [0.15, 0.2) is 0 Å². The van der Waals surface area contributed by atoms with Gasteiger partial charge in [-0.3, -0.25) is 4.79 Å². The summed E-state index contributed by atoms with van der Waals surface area (Å²) in [6.07, 6.45) is 8.62. The highest BCUT2D eigenvalue weighted by molar-refractivity contribution is 5.77. The summed E-state index contributed by atoms with van der Waals surface area (Å²) in [5.41, 5.74) is 5.54. The highest BCUT2D eigenvalue weighted by atomic mass is 16.1. The summed E-state index contributed by atoms with van der Waals surface area (Å²) in [6.45, 7) is 3.35. The molecule has 0 bridgehead atoms.